The lowest BCUT2D eigenvalue weighted by molar-refractivity contribution is -0.131. The van der Waals surface area contributed by atoms with Gasteiger partial charge in [-0.25, -0.2) is 4.79 Å². The number of hydrogen-bond acceptors (Lipinski definition) is 2. The summed E-state index contributed by atoms with van der Waals surface area (Å²) in [6.07, 6.45) is 5.00. The number of aliphatic carboxylic acids is 1. The van der Waals surface area contributed by atoms with Crippen molar-refractivity contribution in [3.8, 4) is 0 Å². The molecule has 3 heteroatoms. The number of nitrogens with one attached hydrogen (secondary N) is 1. The lowest BCUT2D eigenvalue weighted by Gasteiger charge is -2.28. The third-order valence-electron chi connectivity index (χ3n) is 3.25. The van der Waals surface area contributed by atoms with Gasteiger partial charge in [-0.1, -0.05) is 25.8 Å². The molecule has 1 atom stereocenters. The number of carboxylic acid groups (broad SMARTS) is 1. The first-order valence-electron chi connectivity index (χ1n) is 5.55. The molecule has 1 rings (SSSR count). The van der Waals surface area contributed by atoms with Crippen LogP contribution < -0.4 is 5.32 Å². The maximum Gasteiger partial charge on any atom is 0.328 e. The van der Waals surface area contributed by atoms with Gasteiger partial charge in [-0.15, -0.1) is 0 Å². The van der Waals surface area contributed by atoms with Gasteiger partial charge in [-0.05, 0) is 25.2 Å². The van der Waals surface area contributed by atoms with Crippen LogP contribution in [-0.4, -0.2) is 23.7 Å². The van der Waals surface area contributed by atoms with Crippen LogP contribution in [0.3, 0.4) is 0 Å². The predicted molar refractivity (Wildman–Crippen MR) is 60.8 cm³/mol. The number of carbonyl (C=O) groups is 1. The van der Waals surface area contributed by atoms with Gasteiger partial charge >= 0.3 is 5.97 Å². The summed E-state index contributed by atoms with van der Waals surface area (Å²) in [6, 6.07) is 0.523. The molecular formula is C12H21NO2. The molecule has 0 aromatic carbocycles. The van der Waals surface area contributed by atoms with Crippen LogP contribution in [0.4, 0.5) is 0 Å². The summed E-state index contributed by atoms with van der Waals surface area (Å²) in [6.45, 7) is 7.07. The molecule has 0 aromatic rings. The quantitative estimate of drug-likeness (QED) is 0.701. The van der Waals surface area contributed by atoms with E-state index < -0.39 is 5.97 Å². The maximum atomic E-state index is 10.4. The zero-order valence-corrected chi connectivity index (χ0v) is 9.84. The summed E-state index contributed by atoms with van der Waals surface area (Å²) in [5, 5.41) is 12.0. The molecule has 1 fully saturated rings. The Labute approximate surface area is 91.6 Å². The lowest BCUT2D eigenvalue weighted by atomic mass is 9.87. The molecule has 1 unspecified atom stereocenters. The molecule has 0 aromatic heterocycles. The molecule has 1 aliphatic rings. The van der Waals surface area contributed by atoms with Gasteiger partial charge in [0.2, 0.25) is 0 Å². The Balaban J connectivity index is 2.40. The SMILES string of the molecule is CC(=CC(=O)O)CNC1CCCC1(C)C. The van der Waals surface area contributed by atoms with E-state index in [0.717, 1.165) is 5.57 Å². The Morgan fingerprint density at radius 2 is 2.27 bits per heavy atom. The predicted octanol–water partition coefficient (Wildman–Crippen LogP) is 2.19. The Morgan fingerprint density at radius 3 is 2.73 bits per heavy atom. The Morgan fingerprint density at radius 1 is 1.60 bits per heavy atom. The highest BCUT2D eigenvalue weighted by Crippen LogP contribution is 2.37. The second-order valence-electron chi connectivity index (χ2n) is 5.14. The van der Waals surface area contributed by atoms with Crippen molar-refractivity contribution in [2.75, 3.05) is 6.54 Å². The van der Waals surface area contributed by atoms with E-state index in [1.54, 1.807) is 0 Å². The van der Waals surface area contributed by atoms with Crippen LogP contribution >= 0.6 is 0 Å². The van der Waals surface area contributed by atoms with Gasteiger partial charge in [-0.2, -0.15) is 0 Å². The third kappa shape index (κ3) is 3.67. The molecule has 0 radical (unpaired) electrons. The molecule has 1 aliphatic carbocycles. The van der Waals surface area contributed by atoms with Crippen molar-refractivity contribution < 1.29 is 9.90 Å². The van der Waals surface area contributed by atoms with E-state index in [0.29, 0.717) is 18.0 Å². The van der Waals surface area contributed by atoms with Crippen molar-refractivity contribution in [3.05, 3.63) is 11.6 Å². The van der Waals surface area contributed by atoms with Gasteiger partial charge in [0.25, 0.3) is 0 Å². The normalized spacial score (nSPS) is 25.5. The summed E-state index contributed by atoms with van der Waals surface area (Å²) >= 11 is 0. The fourth-order valence-corrected chi connectivity index (χ4v) is 2.25. The van der Waals surface area contributed by atoms with Crippen LogP contribution in [0.5, 0.6) is 0 Å². The monoisotopic (exact) mass is 211 g/mol. The minimum atomic E-state index is -0.861. The van der Waals surface area contributed by atoms with Crippen molar-refractivity contribution in [1.82, 2.24) is 5.32 Å². The first-order valence-corrected chi connectivity index (χ1v) is 5.55. The first-order chi connectivity index (χ1) is 6.92. The highest BCUT2D eigenvalue weighted by Gasteiger charge is 2.33. The van der Waals surface area contributed by atoms with Crippen molar-refractivity contribution >= 4 is 5.97 Å². The second-order valence-corrected chi connectivity index (χ2v) is 5.14. The summed E-state index contributed by atoms with van der Waals surface area (Å²) in [5.74, 6) is -0.861. The average molecular weight is 211 g/mol. The second kappa shape index (κ2) is 4.79. The molecular weight excluding hydrogens is 190 g/mol. The highest BCUT2D eigenvalue weighted by atomic mass is 16.4. The zero-order chi connectivity index (χ0) is 11.5. The largest absolute Gasteiger partial charge is 0.478 e. The van der Waals surface area contributed by atoms with Gasteiger partial charge < -0.3 is 10.4 Å². The molecule has 0 saturated heterocycles. The van der Waals surface area contributed by atoms with Crippen molar-refractivity contribution in [1.29, 1.82) is 0 Å². The zero-order valence-electron chi connectivity index (χ0n) is 9.84. The molecule has 0 spiro atoms. The standard InChI is InChI=1S/C12H21NO2/c1-9(7-11(14)15)8-13-10-5-4-6-12(10,2)3/h7,10,13H,4-6,8H2,1-3H3,(H,14,15). The van der Waals surface area contributed by atoms with E-state index in [1.807, 2.05) is 6.92 Å². The van der Waals surface area contributed by atoms with Crippen LogP contribution in [-0.2, 0) is 4.79 Å². The summed E-state index contributed by atoms with van der Waals surface area (Å²) in [5.41, 5.74) is 1.23. The number of rotatable bonds is 4. The minimum Gasteiger partial charge on any atom is -0.478 e. The van der Waals surface area contributed by atoms with Gasteiger partial charge in [0.05, 0.1) is 0 Å². The molecule has 0 amide bonds. The van der Waals surface area contributed by atoms with Crippen LogP contribution in [0.1, 0.15) is 40.0 Å². The molecule has 3 nitrogen and oxygen atoms in total. The van der Waals surface area contributed by atoms with Crippen LogP contribution in [0, 0.1) is 5.41 Å². The smallest absolute Gasteiger partial charge is 0.328 e. The molecule has 86 valence electrons. The fraction of sp³-hybridized carbons (Fsp3) is 0.750. The van der Waals surface area contributed by atoms with E-state index in [2.05, 4.69) is 19.2 Å². The summed E-state index contributed by atoms with van der Waals surface area (Å²) in [7, 11) is 0. The van der Waals surface area contributed by atoms with E-state index in [1.165, 1.54) is 25.3 Å². The van der Waals surface area contributed by atoms with Crippen LogP contribution in [0.15, 0.2) is 11.6 Å². The van der Waals surface area contributed by atoms with Crippen molar-refractivity contribution in [2.24, 2.45) is 5.41 Å². The van der Waals surface area contributed by atoms with Crippen molar-refractivity contribution in [2.45, 2.75) is 46.1 Å². The highest BCUT2D eigenvalue weighted by molar-refractivity contribution is 5.80. The molecule has 15 heavy (non-hydrogen) atoms. The van der Waals surface area contributed by atoms with E-state index in [-0.39, 0.29) is 0 Å². The molecule has 0 aliphatic heterocycles. The molecule has 1 saturated carbocycles. The molecule has 0 bridgehead atoms. The topological polar surface area (TPSA) is 49.3 Å². The summed E-state index contributed by atoms with van der Waals surface area (Å²) in [4.78, 5) is 10.4. The van der Waals surface area contributed by atoms with Crippen LogP contribution in [0.25, 0.3) is 0 Å². The van der Waals surface area contributed by atoms with Crippen molar-refractivity contribution in [3.63, 3.8) is 0 Å². The van der Waals surface area contributed by atoms with Gasteiger partial charge in [0.15, 0.2) is 0 Å². The number of carboxylic acids is 1. The Bertz CT molecular complexity index is 269. The van der Waals surface area contributed by atoms with E-state index >= 15 is 0 Å². The first kappa shape index (κ1) is 12.2. The van der Waals surface area contributed by atoms with Crippen LogP contribution in [0.2, 0.25) is 0 Å². The third-order valence-corrected chi connectivity index (χ3v) is 3.25. The van der Waals surface area contributed by atoms with Gasteiger partial charge in [-0.3, -0.25) is 0 Å². The molecule has 2 N–H and O–H groups in total. The van der Waals surface area contributed by atoms with E-state index in [4.69, 9.17) is 5.11 Å². The Kier molecular flexibility index (Phi) is 3.91. The molecule has 0 heterocycles. The summed E-state index contributed by atoms with van der Waals surface area (Å²) < 4.78 is 0. The van der Waals surface area contributed by atoms with E-state index in [9.17, 15) is 4.79 Å². The minimum absolute atomic E-state index is 0.351. The maximum absolute atomic E-state index is 10.4. The van der Waals surface area contributed by atoms with Gasteiger partial charge in [0, 0.05) is 18.7 Å². The average Bonchev–Trinajstić information content (AvgIpc) is 2.40. The Hall–Kier alpha value is -0.830. The van der Waals surface area contributed by atoms with Gasteiger partial charge in [0.1, 0.15) is 0 Å². The number of hydrogen-bond donors (Lipinski definition) is 2. The fourth-order valence-electron chi connectivity index (χ4n) is 2.25. The lowest BCUT2D eigenvalue weighted by Crippen LogP contribution is -2.38.